The highest BCUT2D eigenvalue weighted by Crippen LogP contribution is 2.30. The number of pyridine rings is 1. The number of aliphatic hydroxyl groups excluding tert-OH is 1. The number of likely N-dealkylation sites (tertiary alicyclic amines) is 4. The van der Waals surface area contributed by atoms with Crippen LogP contribution in [-0.4, -0.2) is 271 Å². The van der Waals surface area contributed by atoms with Gasteiger partial charge in [-0.15, -0.1) is 0 Å². The first kappa shape index (κ1) is 137. The summed E-state index contributed by atoms with van der Waals surface area (Å²) in [6, 6.07) is 5.18. The molecule has 8 heterocycles. The standard InChI is InChI=1S/C13H17NO4.C12H21NO2.C11H21NO2.C11H20O2.C10H17NO3.C10H15NO2.C10H19NO2.C10H17NO2.C10H18O2.C9H17NO2.C9H16O3/c1-4-17-13(16)10-5-6-11(14-7-10)8-18-12(15)9(2)3;1-9(2)12(14)15-8-11-5-6-13(4)10(3)7-11;1-9(2)11(13)14-8-10-4-6-12(3)7-5-10;1-9(2)11(12)13-8-10-6-4-3-5-7-10;1-7(2)10(13)14-6-8-4-5-11(3)9(8)12;1-8(2)10(12)13-7-9-4-5-11(3)6-9;1-8(2)10(12)13-5-4-11-6-9(3)7-11;1-7(2)10(12)13-6-9-4-5-11-8(9)3;1-8(2)10(11)12-7-9-5-3-4-6-9;1-7(2)9(11)12-6-8-3-4-10-5-8;1-6(2)9(11)12-5-7-3-8(10)4-7/h5-7,9H,4,8H2,1-3H3;9,11H,3,5-8H2,1-2,4H3;9-10H,4-8H2,1-3H3;9-10H,3-8H2,1-2H3;7-8H,4-6H2,1-3H3;4-6,8H,7H2,1-3H3;8-9H,4-7H2,1-3H3;7,9,11H,3-6H2,1-2H3;8-9H,3-7H2,1-2H3;7-8,10H,3-6H2,1-2H3;6-8,10H,3-5H2,1-2H3. The summed E-state index contributed by atoms with van der Waals surface area (Å²) in [4.78, 5) is 158. The van der Waals surface area contributed by atoms with E-state index < -0.39 is 5.97 Å². The number of carbonyl (C=O) groups is 13. The summed E-state index contributed by atoms with van der Waals surface area (Å²) in [5, 5.41) is 15.3. The Bertz CT molecular complexity index is 4110. The number of amides is 1. The maximum Gasteiger partial charge on any atom is 0.339 e. The molecule has 11 rings (SSSR count). The third kappa shape index (κ3) is 64.2. The molecular weight excluding hydrogens is 1910 g/mol. The van der Waals surface area contributed by atoms with Crippen LogP contribution in [0.5, 0.6) is 0 Å². The van der Waals surface area contributed by atoms with Gasteiger partial charge in [-0.2, -0.15) is 0 Å². The number of hydrogen-bond acceptors (Lipinski definition) is 32. The number of carbonyl (C=O) groups excluding carboxylic acids is 13. The molecule has 0 bridgehead atoms. The van der Waals surface area contributed by atoms with E-state index in [1.165, 1.54) is 64.0 Å². The molecule has 0 spiro atoms. The Morgan fingerprint density at radius 3 is 1.15 bits per heavy atom. The molecule has 1 amide bonds. The van der Waals surface area contributed by atoms with Crippen molar-refractivity contribution in [3.8, 4) is 0 Å². The van der Waals surface area contributed by atoms with Crippen molar-refractivity contribution in [1.29, 1.82) is 0 Å². The van der Waals surface area contributed by atoms with Gasteiger partial charge in [0.1, 0.15) is 26.4 Å². The quantitative estimate of drug-likeness (QED) is 0.0421. The molecule has 6 aliphatic heterocycles. The van der Waals surface area contributed by atoms with E-state index in [1.807, 2.05) is 155 Å². The molecule has 9 fully saturated rings. The molecule has 34 nitrogen and oxygen atoms in total. The maximum atomic E-state index is 11.4. The average molecular weight is 2110 g/mol. The molecule has 4 atom stereocenters. The summed E-state index contributed by atoms with van der Waals surface area (Å²) in [5.74, 6) is 2.15. The minimum atomic E-state index is -0.407. The Hall–Kier alpha value is -9.54. The highest BCUT2D eigenvalue weighted by Gasteiger charge is 2.33. The van der Waals surface area contributed by atoms with E-state index in [2.05, 4.69) is 64.5 Å². The maximum absolute atomic E-state index is 11.4. The fourth-order valence-corrected chi connectivity index (χ4v) is 15.2. The Balaban J connectivity index is 0.000000821. The van der Waals surface area contributed by atoms with Crippen LogP contribution in [0.4, 0.5) is 0 Å². The van der Waals surface area contributed by atoms with Crippen molar-refractivity contribution in [1.82, 2.24) is 39.8 Å². The molecule has 149 heavy (non-hydrogen) atoms. The summed E-state index contributed by atoms with van der Waals surface area (Å²) in [6.07, 6.45) is 25.5. The molecule has 34 heteroatoms. The highest BCUT2D eigenvalue weighted by atomic mass is 16.6. The number of piperidine rings is 2. The van der Waals surface area contributed by atoms with Gasteiger partial charge < -0.3 is 91.8 Å². The minimum absolute atomic E-state index is 0.000591. The topological polar surface area (TPSA) is 408 Å². The lowest BCUT2D eigenvalue weighted by atomic mass is 9.83. The van der Waals surface area contributed by atoms with Crippen LogP contribution in [0.15, 0.2) is 61.3 Å². The van der Waals surface area contributed by atoms with Crippen molar-refractivity contribution in [3.05, 3.63) is 78.2 Å². The molecular formula is C115H198N8O26. The molecule has 0 radical (unpaired) electrons. The lowest BCUT2D eigenvalue weighted by Crippen LogP contribution is -2.46. The fraction of sp³-hybridized carbons (Fsp3) is 0.774. The SMILES string of the molecule is C=C1CC(COC(=O)C(C)C)CCN1C.C=C1NCCC1COC(=O)C(C)C.CC(C)C(=O)OCC1CC(O)C1.CC(C)C(=O)OCC1CCCC1.CC(C)C(=O)OCC1CCCCC1.CC(C)C(=O)OCC1CCN(C)C1=O.CC(C)C(=O)OCC1CCN(C)CC1.CC(C)C(=O)OCC1CCNC1.CC(C)C(=O)OCc1ccn(C)c1.CC1CN(CCOC(=O)C(C)C)C1.CCOC(=O)c1ccc(COC(=O)C(C)C)nc1. The van der Waals surface area contributed by atoms with Gasteiger partial charge in [0.05, 0.1) is 141 Å². The van der Waals surface area contributed by atoms with Crippen molar-refractivity contribution in [2.75, 3.05) is 153 Å². The number of ether oxygens (including phenoxy) is 12. The van der Waals surface area contributed by atoms with Crippen LogP contribution in [0.3, 0.4) is 0 Å². The van der Waals surface area contributed by atoms with Crippen LogP contribution in [0, 0.1) is 118 Å². The lowest BCUT2D eigenvalue weighted by Gasteiger charge is -2.36. The molecule has 6 saturated heterocycles. The minimum Gasteiger partial charge on any atom is -0.465 e. The molecule has 3 saturated carbocycles. The highest BCUT2D eigenvalue weighted by molar-refractivity contribution is 5.89. The molecule has 2 aromatic heterocycles. The zero-order valence-corrected chi connectivity index (χ0v) is 96.6. The predicted octanol–water partition coefficient (Wildman–Crippen LogP) is 17.3. The first-order chi connectivity index (χ1) is 70.1. The van der Waals surface area contributed by atoms with Crippen molar-refractivity contribution in [2.45, 2.75) is 301 Å². The van der Waals surface area contributed by atoms with Crippen LogP contribution in [0.25, 0.3) is 0 Å². The third-order valence-corrected chi connectivity index (χ3v) is 25.8. The Kier molecular flexibility index (Phi) is 71.7. The first-order valence-corrected chi connectivity index (χ1v) is 55.1. The second-order valence-corrected chi connectivity index (χ2v) is 44.2. The molecule has 854 valence electrons. The molecule has 3 N–H and O–H groups in total. The second-order valence-electron chi connectivity index (χ2n) is 44.2. The van der Waals surface area contributed by atoms with Crippen LogP contribution in [-0.2, 0) is 135 Å². The van der Waals surface area contributed by atoms with Gasteiger partial charge in [0.25, 0.3) is 0 Å². The second kappa shape index (κ2) is 77.7. The van der Waals surface area contributed by atoms with Gasteiger partial charge in [0.15, 0.2) is 0 Å². The number of rotatable bonds is 36. The lowest BCUT2D eigenvalue weighted by molar-refractivity contribution is -0.151. The summed E-state index contributed by atoms with van der Waals surface area (Å²) in [7, 11) is 7.90. The summed E-state index contributed by atoms with van der Waals surface area (Å²) in [5.41, 5.74) is 4.15. The Labute approximate surface area is 894 Å². The molecule has 4 unspecified atom stereocenters. The van der Waals surface area contributed by atoms with Crippen LogP contribution < -0.4 is 10.6 Å². The van der Waals surface area contributed by atoms with Gasteiger partial charge in [-0.1, -0.05) is 205 Å². The van der Waals surface area contributed by atoms with Gasteiger partial charge in [0, 0.05) is 120 Å². The van der Waals surface area contributed by atoms with Gasteiger partial charge >= 0.3 is 71.6 Å². The third-order valence-electron chi connectivity index (χ3n) is 25.8. The van der Waals surface area contributed by atoms with Crippen molar-refractivity contribution < 1.29 is 124 Å². The smallest absolute Gasteiger partial charge is 0.339 e. The van der Waals surface area contributed by atoms with Crippen LogP contribution >= 0.6 is 0 Å². The van der Waals surface area contributed by atoms with Gasteiger partial charge in [-0.05, 0) is 165 Å². The van der Waals surface area contributed by atoms with E-state index in [-0.39, 0.29) is 162 Å². The van der Waals surface area contributed by atoms with E-state index in [1.54, 1.807) is 58.7 Å². The number of hydrogen-bond donors (Lipinski definition) is 3. The number of esters is 12. The van der Waals surface area contributed by atoms with Crippen molar-refractivity contribution in [3.63, 3.8) is 0 Å². The Morgan fingerprint density at radius 2 is 0.792 bits per heavy atom. The number of nitrogens with zero attached hydrogens (tertiary/aromatic N) is 6. The van der Waals surface area contributed by atoms with Gasteiger partial charge in [0.2, 0.25) is 5.91 Å². The zero-order valence-electron chi connectivity index (χ0n) is 96.6. The molecule has 9 aliphatic rings. The fourth-order valence-electron chi connectivity index (χ4n) is 15.2. The number of nitrogens with one attached hydrogen (secondary N) is 2. The van der Waals surface area contributed by atoms with E-state index >= 15 is 0 Å². The summed E-state index contributed by atoms with van der Waals surface area (Å²) < 4.78 is 62.9. The summed E-state index contributed by atoms with van der Waals surface area (Å²) in [6.45, 7) is 68.1. The van der Waals surface area contributed by atoms with Crippen molar-refractivity contribution in [2.24, 2.45) is 125 Å². The van der Waals surface area contributed by atoms with Crippen LogP contribution in [0.1, 0.15) is 303 Å². The van der Waals surface area contributed by atoms with Gasteiger partial charge in [-0.3, -0.25) is 67.4 Å². The van der Waals surface area contributed by atoms with E-state index in [0.29, 0.717) is 119 Å². The normalized spacial score (nSPS) is 19.1. The number of allylic oxidation sites excluding steroid dienone is 1. The van der Waals surface area contributed by atoms with E-state index in [4.69, 9.17) is 61.9 Å². The van der Waals surface area contributed by atoms with E-state index in [9.17, 15) is 62.3 Å². The zero-order chi connectivity index (χ0) is 113. The number of aromatic nitrogens is 2. The van der Waals surface area contributed by atoms with Crippen molar-refractivity contribution >= 4 is 77.5 Å². The first-order valence-electron chi connectivity index (χ1n) is 55.1. The monoisotopic (exact) mass is 2110 g/mol. The molecule has 0 aromatic carbocycles. The van der Waals surface area contributed by atoms with Crippen LogP contribution in [0.2, 0.25) is 0 Å². The van der Waals surface area contributed by atoms with E-state index in [0.717, 1.165) is 146 Å². The summed E-state index contributed by atoms with van der Waals surface area (Å²) >= 11 is 0. The average Bonchev–Trinajstić information content (AvgIpc) is 1.63. The largest absolute Gasteiger partial charge is 0.465 e. The molecule has 3 aliphatic carbocycles. The molecule has 2 aromatic rings. The number of aryl methyl sites for hydroxylation is 1. The number of aliphatic hydroxyl groups is 1. The predicted molar refractivity (Wildman–Crippen MR) is 577 cm³/mol. The Morgan fingerprint density at radius 1 is 0.409 bits per heavy atom. The van der Waals surface area contributed by atoms with Gasteiger partial charge in [-0.25, -0.2) is 4.79 Å².